The molecule has 0 atom stereocenters. The van der Waals surface area contributed by atoms with Gasteiger partial charge < -0.3 is 20.7 Å². The summed E-state index contributed by atoms with van der Waals surface area (Å²) in [5.41, 5.74) is 1.28. The molecule has 2 amide bonds. The summed E-state index contributed by atoms with van der Waals surface area (Å²) < 4.78 is 54.4. The first kappa shape index (κ1) is 22.2. The molecule has 0 bridgehead atoms. The van der Waals surface area contributed by atoms with Gasteiger partial charge in [-0.1, -0.05) is 6.07 Å². The van der Waals surface area contributed by atoms with Gasteiger partial charge in [-0.15, -0.1) is 10.2 Å². The number of hydrogen-bond donors (Lipinski definition) is 4. The van der Waals surface area contributed by atoms with Crippen molar-refractivity contribution < 1.29 is 26.9 Å². The maximum atomic E-state index is 12.7. The minimum atomic E-state index is -3.33. The van der Waals surface area contributed by atoms with Crippen molar-refractivity contribution in [2.75, 3.05) is 37.5 Å². The Hall–Kier alpha value is -4.04. The van der Waals surface area contributed by atoms with Crippen LogP contribution in [0.4, 0.5) is 17.2 Å². The third-order valence-corrected chi connectivity index (χ3v) is 6.16. The van der Waals surface area contributed by atoms with E-state index in [1.807, 2.05) is 5.32 Å². The first-order valence-electron chi connectivity index (χ1n) is 12.8. The fourth-order valence-electron chi connectivity index (χ4n) is 3.53. The Morgan fingerprint density at radius 1 is 1.22 bits per heavy atom. The van der Waals surface area contributed by atoms with E-state index in [1.165, 1.54) is 13.2 Å². The van der Waals surface area contributed by atoms with E-state index in [0.29, 0.717) is 29.2 Å². The van der Waals surface area contributed by atoms with Gasteiger partial charge in [0.25, 0.3) is 5.91 Å². The molecular weight excluding hydrogens is 500 g/mol. The van der Waals surface area contributed by atoms with Crippen LogP contribution in [0.1, 0.15) is 27.4 Å². The number of hydrogen-bond acceptors (Lipinski definition) is 9. The molecule has 14 heteroatoms. The van der Waals surface area contributed by atoms with Crippen LogP contribution in [0.3, 0.4) is 0 Å². The molecule has 1 aliphatic rings. The highest BCUT2D eigenvalue weighted by Crippen LogP contribution is 2.38. The van der Waals surface area contributed by atoms with E-state index in [4.69, 9.17) is 8.85 Å². The quantitative estimate of drug-likeness (QED) is 0.285. The normalized spacial score (nSPS) is 14.7. The fraction of sp³-hybridized carbons (Fsp3) is 0.348. The van der Waals surface area contributed by atoms with E-state index >= 15 is 0 Å². The van der Waals surface area contributed by atoms with Gasteiger partial charge >= 0.3 is 0 Å². The average molecular weight is 532 g/mol. The number of aromatic nitrogens is 4. The summed E-state index contributed by atoms with van der Waals surface area (Å²) >= 11 is 0. The minimum absolute atomic E-state index is 0.0793. The van der Waals surface area contributed by atoms with Crippen molar-refractivity contribution in [3.8, 4) is 17.0 Å². The lowest BCUT2D eigenvalue weighted by Crippen LogP contribution is -2.26. The first-order chi connectivity index (χ1) is 18.8. The fourth-order valence-corrected chi connectivity index (χ4v) is 3.99. The van der Waals surface area contributed by atoms with Crippen LogP contribution in [0.5, 0.6) is 5.75 Å². The molecule has 1 aliphatic carbocycles. The zero-order valence-corrected chi connectivity index (χ0v) is 20.9. The highest BCUT2D eigenvalue weighted by Gasteiger charge is 2.30. The Bertz CT molecular complexity index is 1520. The first-order valence-corrected chi connectivity index (χ1v) is 13.2. The van der Waals surface area contributed by atoms with Gasteiger partial charge in [0.2, 0.25) is 15.9 Å². The maximum absolute atomic E-state index is 12.7. The van der Waals surface area contributed by atoms with E-state index in [1.54, 1.807) is 35.1 Å². The van der Waals surface area contributed by atoms with Crippen molar-refractivity contribution in [1.29, 1.82) is 0 Å². The number of carbonyl (C=O) groups is 2. The van der Waals surface area contributed by atoms with Crippen molar-refractivity contribution in [2.45, 2.75) is 19.4 Å². The van der Waals surface area contributed by atoms with Crippen LogP contribution >= 0.6 is 0 Å². The zero-order chi connectivity index (χ0) is 29.1. The highest BCUT2D eigenvalue weighted by molar-refractivity contribution is 7.88. The summed E-state index contributed by atoms with van der Waals surface area (Å²) in [4.78, 5) is 25.0. The van der Waals surface area contributed by atoms with Crippen molar-refractivity contribution in [3.05, 3.63) is 42.2 Å². The van der Waals surface area contributed by atoms with Crippen LogP contribution in [0.2, 0.25) is 0 Å². The van der Waals surface area contributed by atoms with Gasteiger partial charge in [-0.05, 0) is 31.0 Å². The molecule has 0 saturated heterocycles. The van der Waals surface area contributed by atoms with Crippen molar-refractivity contribution in [2.24, 2.45) is 5.92 Å². The molecule has 196 valence electrons. The molecule has 0 radical (unpaired) electrons. The van der Waals surface area contributed by atoms with E-state index in [9.17, 15) is 18.0 Å². The van der Waals surface area contributed by atoms with Gasteiger partial charge in [0.15, 0.2) is 17.3 Å². The Kier molecular flexibility index (Phi) is 6.55. The molecular formula is C23H28N8O5S. The lowest BCUT2D eigenvalue weighted by atomic mass is 10.1. The molecule has 2 heterocycles. The number of benzene rings is 1. The van der Waals surface area contributed by atoms with Gasteiger partial charge in [-0.25, -0.2) is 13.1 Å². The number of amides is 2. The molecule has 0 spiro atoms. The number of methoxy groups -OCH3 is 1. The SMILES string of the molecule is [2H]C([2H])([2H])NC(=O)c1nnc(NC(=O)C2CC2)cc1Nc1cccc(-c2ccn(CCNS(C)(=O)=O)n2)c1OC. The molecule has 37 heavy (non-hydrogen) atoms. The van der Waals surface area contributed by atoms with Crippen molar-refractivity contribution in [1.82, 2.24) is 30.0 Å². The number of rotatable bonds is 11. The molecule has 2 aromatic heterocycles. The number of nitrogens with zero attached hydrogens (tertiary/aromatic N) is 4. The number of sulfonamides is 1. The summed E-state index contributed by atoms with van der Waals surface area (Å²) in [7, 11) is -1.88. The lowest BCUT2D eigenvalue weighted by Gasteiger charge is -2.16. The summed E-state index contributed by atoms with van der Waals surface area (Å²) in [6, 6.07) is 8.27. The van der Waals surface area contributed by atoms with E-state index in [-0.39, 0.29) is 35.6 Å². The molecule has 1 saturated carbocycles. The molecule has 3 aromatic rings. The number of nitrogens with one attached hydrogen (secondary N) is 4. The van der Waals surface area contributed by atoms with Crippen LogP contribution < -0.4 is 25.4 Å². The standard InChI is InChI=1S/C23H28N8O5S/c1-24-23(33)20-18(13-19(28-29-20)27-22(32)14-7-8-14)26-17-6-4-5-15(21(17)36-2)16-9-11-31(30-16)12-10-25-37(3,34)35/h4-6,9,11,13-14,25H,7-8,10,12H2,1-3H3,(H,24,33)(H2,26,27,28,32)/i1D3. The number of para-hydroxylation sites is 1. The van der Waals surface area contributed by atoms with Crippen LogP contribution in [0.15, 0.2) is 36.5 Å². The Morgan fingerprint density at radius 3 is 2.73 bits per heavy atom. The predicted octanol–water partition coefficient (Wildman–Crippen LogP) is 1.35. The summed E-state index contributed by atoms with van der Waals surface area (Å²) in [5, 5.41) is 19.8. The van der Waals surface area contributed by atoms with Gasteiger partial charge in [-0.2, -0.15) is 5.10 Å². The Labute approximate surface area is 218 Å². The number of carbonyl (C=O) groups excluding carboxylic acids is 2. The average Bonchev–Trinajstić information content (AvgIpc) is 3.61. The van der Waals surface area contributed by atoms with Crippen LogP contribution in [-0.2, 0) is 21.4 Å². The second-order valence-electron chi connectivity index (χ2n) is 8.35. The molecule has 13 nitrogen and oxygen atoms in total. The Balaban J connectivity index is 1.64. The van der Waals surface area contributed by atoms with Gasteiger partial charge in [-0.3, -0.25) is 14.3 Å². The van der Waals surface area contributed by atoms with Crippen LogP contribution in [0, 0.1) is 5.92 Å². The topological polar surface area (TPSA) is 169 Å². The third kappa shape index (κ3) is 6.59. The third-order valence-electron chi connectivity index (χ3n) is 5.43. The molecule has 4 rings (SSSR count). The van der Waals surface area contributed by atoms with Gasteiger partial charge in [0.1, 0.15) is 0 Å². The highest BCUT2D eigenvalue weighted by atomic mass is 32.2. The van der Waals surface area contributed by atoms with E-state index in [2.05, 4.69) is 30.7 Å². The zero-order valence-electron chi connectivity index (χ0n) is 23.1. The van der Waals surface area contributed by atoms with Crippen LogP contribution in [0.25, 0.3) is 11.3 Å². The van der Waals surface area contributed by atoms with Crippen LogP contribution in [-0.4, -0.2) is 67.1 Å². The molecule has 0 aliphatic heterocycles. The Morgan fingerprint density at radius 2 is 2.03 bits per heavy atom. The van der Waals surface area contributed by atoms with E-state index in [0.717, 1.165) is 19.1 Å². The number of anilines is 3. The van der Waals surface area contributed by atoms with Crippen molar-refractivity contribution >= 4 is 39.0 Å². The molecule has 1 aromatic carbocycles. The predicted molar refractivity (Wildman–Crippen MR) is 137 cm³/mol. The van der Waals surface area contributed by atoms with Gasteiger partial charge in [0, 0.05) is 41.4 Å². The lowest BCUT2D eigenvalue weighted by molar-refractivity contribution is -0.117. The minimum Gasteiger partial charge on any atom is -0.494 e. The smallest absolute Gasteiger partial charge is 0.273 e. The van der Waals surface area contributed by atoms with Crippen molar-refractivity contribution in [3.63, 3.8) is 0 Å². The summed E-state index contributed by atoms with van der Waals surface area (Å²) in [6.07, 6.45) is 4.32. The molecule has 4 N–H and O–H groups in total. The van der Waals surface area contributed by atoms with Gasteiger partial charge in [0.05, 0.1) is 37.0 Å². The summed E-state index contributed by atoms with van der Waals surface area (Å²) in [5.74, 6) is -0.880. The second kappa shape index (κ2) is 10.9. The molecule has 1 fully saturated rings. The number of ether oxygens (including phenoxy) is 1. The molecule has 0 unspecified atom stereocenters. The monoisotopic (exact) mass is 531 g/mol. The summed E-state index contributed by atoms with van der Waals surface area (Å²) in [6.45, 7) is -2.30. The second-order valence-corrected chi connectivity index (χ2v) is 10.2. The van der Waals surface area contributed by atoms with E-state index < -0.39 is 22.9 Å². The largest absolute Gasteiger partial charge is 0.494 e. The maximum Gasteiger partial charge on any atom is 0.273 e.